The normalized spacial score (nSPS) is 10.9. The number of aryl methyl sites for hydroxylation is 1. The minimum absolute atomic E-state index is 0.0403. The molecule has 0 spiro atoms. The van der Waals surface area contributed by atoms with E-state index in [9.17, 15) is 14.0 Å². The molecule has 124 valence electrons. The van der Waals surface area contributed by atoms with Gasteiger partial charge in [0.25, 0.3) is 0 Å². The fraction of sp³-hybridized carbons (Fsp3) is 0.400. The number of hydrogen-bond donors (Lipinski definition) is 3. The molecule has 0 fully saturated rings. The fourth-order valence-corrected chi connectivity index (χ4v) is 2.25. The van der Waals surface area contributed by atoms with Crippen LogP contribution in [0.3, 0.4) is 0 Å². The first-order valence-corrected chi connectivity index (χ1v) is 7.41. The summed E-state index contributed by atoms with van der Waals surface area (Å²) >= 11 is 0. The molecule has 0 aromatic carbocycles. The Balaban J connectivity index is 2.52. The zero-order valence-electron chi connectivity index (χ0n) is 13.0. The Morgan fingerprint density at radius 2 is 2.13 bits per heavy atom. The molecule has 0 aliphatic carbocycles. The molecule has 0 atom stereocenters. The van der Waals surface area contributed by atoms with Crippen LogP contribution in [0.5, 0.6) is 0 Å². The number of nitrogens with zero attached hydrogens (tertiary/aromatic N) is 2. The monoisotopic (exact) mass is 322 g/mol. The molecule has 23 heavy (non-hydrogen) atoms. The number of rotatable bonds is 7. The number of carbonyl (C=O) groups is 1. The molecule has 3 N–H and O–H groups in total. The van der Waals surface area contributed by atoms with Crippen LogP contribution < -0.4 is 16.1 Å². The second-order valence-electron chi connectivity index (χ2n) is 4.93. The summed E-state index contributed by atoms with van der Waals surface area (Å²) in [6.07, 6.45) is 1.24. The SMILES string of the molecule is CCNCCNc1nc2c(cc1F)c(=O)c(C(=O)O)cn2CC. The van der Waals surface area contributed by atoms with E-state index in [1.165, 1.54) is 10.8 Å². The van der Waals surface area contributed by atoms with Crippen molar-refractivity contribution in [2.24, 2.45) is 0 Å². The van der Waals surface area contributed by atoms with Gasteiger partial charge in [-0.15, -0.1) is 0 Å². The molecule has 7 nitrogen and oxygen atoms in total. The average molecular weight is 322 g/mol. The lowest BCUT2D eigenvalue weighted by Crippen LogP contribution is -2.23. The number of aromatic carboxylic acids is 1. The second-order valence-corrected chi connectivity index (χ2v) is 4.93. The van der Waals surface area contributed by atoms with Gasteiger partial charge in [0.2, 0.25) is 5.43 Å². The van der Waals surface area contributed by atoms with Gasteiger partial charge < -0.3 is 20.3 Å². The third kappa shape index (κ3) is 3.48. The Kier molecular flexibility index (Phi) is 5.28. The number of pyridine rings is 2. The van der Waals surface area contributed by atoms with Crippen LogP contribution in [0.1, 0.15) is 24.2 Å². The molecular weight excluding hydrogens is 303 g/mol. The highest BCUT2D eigenvalue weighted by atomic mass is 19.1. The number of carboxylic acids is 1. The van der Waals surface area contributed by atoms with Crippen LogP contribution in [-0.2, 0) is 6.54 Å². The van der Waals surface area contributed by atoms with E-state index in [1.54, 1.807) is 6.92 Å². The van der Waals surface area contributed by atoms with E-state index in [0.29, 0.717) is 19.6 Å². The van der Waals surface area contributed by atoms with Gasteiger partial charge in [-0.3, -0.25) is 4.79 Å². The number of halogens is 1. The standard InChI is InChI=1S/C15H19FN4O3/c1-3-17-5-6-18-13-11(16)7-9-12(21)10(15(22)23)8-20(4-2)14(9)19-13/h7-8,17H,3-6H2,1-2H3,(H,18,19)(H,22,23). The van der Waals surface area contributed by atoms with Crippen molar-refractivity contribution < 1.29 is 14.3 Å². The van der Waals surface area contributed by atoms with Crippen molar-refractivity contribution in [2.45, 2.75) is 20.4 Å². The van der Waals surface area contributed by atoms with E-state index in [2.05, 4.69) is 15.6 Å². The summed E-state index contributed by atoms with van der Waals surface area (Å²) in [7, 11) is 0. The molecule has 0 unspecified atom stereocenters. The van der Waals surface area contributed by atoms with Crippen LogP contribution in [0.2, 0.25) is 0 Å². The lowest BCUT2D eigenvalue weighted by atomic mass is 10.2. The summed E-state index contributed by atoms with van der Waals surface area (Å²) in [6, 6.07) is 1.04. The number of aromatic nitrogens is 2. The summed E-state index contributed by atoms with van der Waals surface area (Å²) in [6.45, 7) is 6.10. The van der Waals surface area contributed by atoms with Gasteiger partial charge in [-0.1, -0.05) is 6.92 Å². The van der Waals surface area contributed by atoms with Crippen molar-refractivity contribution in [1.29, 1.82) is 0 Å². The number of nitrogens with one attached hydrogen (secondary N) is 2. The maximum atomic E-state index is 14.1. The maximum absolute atomic E-state index is 14.1. The first-order valence-electron chi connectivity index (χ1n) is 7.41. The van der Waals surface area contributed by atoms with E-state index in [-0.39, 0.29) is 16.9 Å². The smallest absolute Gasteiger partial charge is 0.341 e. The topological polar surface area (TPSA) is 96.2 Å². The average Bonchev–Trinajstić information content (AvgIpc) is 2.52. The molecule has 2 aromatic heterocycles. The largest absolute Gasteiger partial charge is 0.477 e. The van der Waals surface area contributed by atoms with Gasteiger partial charge in [-0.25, -0.2) is 14.2 Å². The maximum Gasteiger partial charge on any atom is 0.341 e. The molecule has 0 radical (unpaired) electrons. The third-order valence-corrected chi connectivity index (χ3v) is 3.42. The molecule has 2 heterocycles. The van der Waals surface area contributed by atoms with E-state index < -0.39 is 22.8 Å². The van der Waals surface area contributed by atoms with E-state index in [4.69, 9.17) is 5.11 Å². The molecule has 0 aliphatic rings. The zero-order valence-corrected chi connectivity index (χ0v) is 13.0. The summed E-state index contributed by atoms with van der Waals surface area (Å²) in [5.74, 6) is -1.98. The van der Waals surface area contributed by atoms with E-state index in [0.717, 1.165) is 12.6 Å². The van der Waals surface area contributed by atoms with Crippen molar-refractivity contribution in [1.82, 2.24) is 14.9 Å². The predicted molar refractivity (Wildman–Crippen MR) is 85.6 cm³/mol. The quantitative estimate of drug-likeness (QED) is 0.665. The molecule has 0 saturated heterocycles. The summed E-state index contributed by atoms with van der Waals surface area (Å²) in [4.78, 5) is 27.5. The Morgan fingerprint density at radius 1 is 1.39 bits per heavy atom. The van der Waals surface area contributed by atoms with Crippen LogP contribution in [0.25, 0.3) is 11.0 Å². The molecular formula is C15H19FN4O3. The van der Waals surface area contributed by atoms with Gasteiger partial charge in [0.1, 0.15) is 11.2 Å². The molecule has 0 aliphatic heterocycles. The number of anilines is 1. The van der Waals surface area contributed by atoms with Crippen LogP contribution in [0.4, 0.5) is 10.2 Å². The van der Waals surface area contributed by atoms with Crippen molar-refractivity contribution in [2.75, 3.05) is 25.0 Å². The second kappa shape index (κ2) is 7.19. The summed E-state index contributed by atoms with van der Waals surface area (Å²) in [5.41, 5.74) is -0.869. The van der Waals surface area contributed by atoms with Crippen molar-refractivity contribution in [3.63, 3.8) is 0 Å². The fourth-order valence-electron chi connectivity index (χ4n) is 2.25. The Hall–Kier alpha value is -2.48. The van der Waals surface area contributed by atoms with Crippen molar-refractivity contribution in [3.8, 4) is 0 Å². The van der Waals surface area contributed by atoms with E-state index in [1.807, 2.05) is 6.92 Å². The molecule has 2 aromatic rings. The van der Waals surface area contributed by atoms with Crippen molar-refractivity contribution in [3.05, 3.63) is 33.9 Å². The zero-order chi connectivity index (χ0) is 17.0. The molecule has 0 saturated carbocycles. The van der Waals surface area contributed by atoms with Gasteiger partial charge in [0.15, 0.2) is 11.6 Å². The number of hydrogen-bond acceptors (Lipinski definition) is 5. The molecule has 0 bridgehead atoms. The number of likely N-dealkylation sites (N-methyl/N-ethyl adjacent to an activating group) is 1. The minimum Gasteiger partial charge on any atom is -0.477 e. The van der Waals surface area contributed by atoms with Gasteiger partial charge in [-0.2, -0.15) is 0 Å². The highest BCUT2D eigenvalue weighted by molar-refractivity contribution is 5.92. The van der Waals surface area contributed by atoms with E-state index >= 15 is 0 Å². The highest BCUT2D eigenvalue weighted by Gasteiger charge is 2.17. The Labute approximate surface area is 132 Å². The van der Waals surface area contributed by atoms with Gasteiger partial charge in [-0.05, 0) is 19.5 Å². The highest BCUT2D eigenvalue weighted by Crippen LogP contribution is 2.18. The van der Waals surface area contributed by atoms with Gasteiger partial charge in [0, 0.05) is 25.8 Å². The van der Waals surface area contributed by atoms with Gasteiger partial charge in [0.05, 0.1) is 5.39 Å². The van der Waals surface area contributed by atoms with Crippen molar-refractivity contribution >= 4 is 22.8 Å². The molecule has 8 heteroatoms. The Bertz CT molecular complexity index is 788. The van der Waals surface area contributed by atoms with Crippen LogP contribution in [0, 0.1) is 5.82 Å². The summed E-state index contributed by atoms with van der Waals surface area (Å²) < 4.78 is 15.7. The lowest BCUT2D eigenvalue weighted by Gasteiger charge is -2.12. The molecule has 2 rings (SSSR count). The Morgan fingerprint density at radius 3 is 2.74 bits per heavy atom. The summed E-state index contributed by atoms with van der Waals surface area (Å²) in [5, 5.41) is 15.0. The first-order chi connectivity index (χ1) is 11.0. The van der Waals surface area contributed by atoms with Crippen LogP contribution in [0.15, 0.2) is 17.1 Å². The number of fused-ring (bicyclic) bond motifs is 1. The third-order valence-electron chi connectivity index (χ3n) is 3.42. The minimum atomic E-state index is -1.34. The predicted octanol–water partition coefficient (Wildman–Crippen LogP) is 1.28. The van der Waals surface area contributed by atoms with Crippen LogP contribution in [-0.4, -0.2) is 40.3 Å². The number of carboxylic acid groups (broad SMARTS) is 1. The lowest BCUT2D eigenvalue weighted by molar-refractivity contribution is 0.0695. The van der Waals surface area contributed by atoms with Gasteiger partial charge >= 0.3 is 5.97 Å². The first kappa shape index (κ1) is 16.9. The van der Waals surface area contributed by atoms with Crippen LogP contribution >= 0.6 is 0 Å². The molecule has 0 amide bonds.